The molecule has 0 fully saturated rings. The normalized spacial score (nSPS) is 20.0. The smallest absolute Gasteiger partial charge is 0.189 e. The van der Waals surface area contributed by atoms with Gasteiger partial charge in [-0.15, -0.1) is 47.5 Å². The summed E-state index contributed by atoms with van der Waals surface area (Å²) < 4.78 is 0. The van der Waals surface area contributed by atoms with E-state index in [0.29, 0.717) is 11.8 Å². The van der Waals surface area contributed by atoms with Gasteiger partial charge in [-0.25, -0.2) is 0 Å². The molecule has 2 heteroatoms. The third-order valence-corrected chi connectivity index (χ3v) is 4.39. The molecule has 0 aliphatic heterocycles. The maximum atomic E-state index is 3.39. The van der Waals surface area contributed by atoms with Gasteiger partial charge in [0.05, 0.1) is 0 Å². The molecule has 0 N–H and O–H groups in total. The first-order valence-corrected chi connectivity index (χ1v) is 7.29. The van der Waals surface area contributed by atoms with Gasteiger partial charge in [-0.3, -0.25) is 0 Å². The van der Waals surface area contributed by atoms with E-state index in [0.717, 1.165) is 0 Å². The Hall–Kier alpha value is -0.885. The van der Waals surface area contributed by atoms with Crippen molar-refractivity contribution in [3.63, 3.8) is 0 Å². The summed E-state index contributed by atoms with van der Waals surface area (Å²) in [4.78, 5) is 0. The van der Waals surface area contributed by atoms with Crippen LogP contribution in [-0.4, -0.2) is 0 Å². The molecule has 4 rings (SSSR count). The molecule has 0 saturated heterocycles. The summed E-state index contributed by atoms with van der Waals surface area (Å²) in [5.74, 6) is 1.07. The monoisotopic (exact) mass is 270 g/mol. The number of hydrogen-bond acceptors (Lipinski definition) is 0. The zero-order valence-electron chi connectivity index (χ0n) is 13.3. The molecule has 2 atom stereocenters. The van der Waals surface area contributed by atoms with Crippen molar-refractivity contribution in [1.82, 2.24) is 0 Å². The van der Waals surface area contributed by atoms with Gasteiger partial charge in [0.2, 0.25) is 0 Å². The topological polar surface area (TPSA) is 0 Å². The summed E-state index contributed by atoms with van der Waals surface area (Å²) >= 11 is 0. The molecule has 0 amide bonds. The second kappa shape index (κ2) is 7.59. The molecule has 2 aliphatic carbocycles. The Balaban J connectivity index is 0.000000882. The van der Waals surface area contributed by atoms with Crippen LogP contribution in [0.4, 0.5) is 0 Å². The van der Waals surface area contributed by atoms with Crippen LogP contribution in [0, 0.1) is 12.2 Å². The fourth-order valence-corrected chi connectivity index (χ4v) is 3.30. The van der Waals surface area contributed by atoms with Crippen LogP contribution in [0.1, 0.15) is 46.9 Å². The van der Waals surface area contributed by atoms with E-state index in [4.69, 9.17) is 0 Å². The van der Waals surface area contributed by atoms with Gasteiger partial charge < -0.3 is 0 Å². The molecule has 0 spiro atoms. The van der Waals surface area contributed by atoms with E-state index in [9.17, 15) is 0 Å². The summed E-state index contributed by atoms with van der Waals surface area (Å²) in [7, 11) is 0. The quantitative estimate of drug-likeness (QED) is 0.485. The molecule has 0 bridgehead atoms. The summed E-state index contributed by atoms with van der Waals surface area (Å²) in [6.45, 7) is 0. The number of rotatable bonds is 3. The summed E-state index contributed by atoms with van der Waals surface area (Å²) in [6, 6.07) is 17.2. The van der Waals surface area contributed by atoms with Crippen molar-refractivity contribution in [3.8, 4) is 0 Å². The average molecular weight is 270 g/mol. The Bertz CT molecular complexity index is 639. The van der Waals surface area contributed by atoms with Crippen LogP contribution in [0.5, 0.6) is 0 Å². The summed E-state index contributed by atoms with van der Waals surface area (Å²) in [5, 5.41) is 0. The van der Waals surface area contributed by atoms with Crippen molar-refractivity contribution in [2.24, 2.45) is 0 Å². The van der Waals surface area contributed by atoms with E-state index in [2.05, 4.69) is 72.8 Å². The average Bonchev–Trinajstić information content (AvgIpc) is 3.09. The number of benzene rings is 2. The van der Waals surface area contributed by atoms with Gasteiger partial charge in [-0.1, -0.05) is 36.8 Å². The molecular weight excluding hydrogens is 254 g/mol. The predicted molar refractivity (Wildman–Crippen MR) is 81.4 cm³/mol. The van der Waals surface area contributed by atoms with E-state index in [1.807, 2.05) is 0 Å². The van der Waals surface area contributed by atoms with Gasteiger partial charge in [-0.2, -0.15) is 35.4 Å². The first-order valence-electron chi connectivity index (χ1n) is 7.29. The summed E-state index contributed by atoms with van der Waals surface area (Å²) in [6.07, 6.45) is 13.6. The predicted octanol–water partition coefficient (Wildman–Crippen LogP) is -1.22. The van der Waals surface area contributed by atoms with Crippen molar-refractivity contribution in [1.29, 1.82) is 0 Å². The molecule has 0 aromatic heterocycles. The SMILES string of the molecule is [C-]1=CC(CCC2C=[C-]c3ccccc32)c2ccccc21.[Li+].[Li+]. The Morgan fingerprint density at radius 3 is 1.50 bits per heavy atom. The molecule has 0 radical (unpaired) electrons. The van der Waals surface area contributed by atoms with Crippen LogP contribution in [0.25, 0.3) is 0 Å². The second-order valence-corrected chi connectivity index (χ2v) is 5.59. The van der Waals surface area contributed by atoms with Crippen LogP contribution in [-0.2, 0) is 0 Å². The molecule has 0 heterocycles. The Morgan fingerprint density at radius 1 is 0.636 bits per heavy atom. The second-order valence-electron chi connectivity index (χ2n) is 5.59. The third-order valence-electron chi connectivity index (χ3n) is 4.39. The van der Waals surface area contributed by atoms with Crippen LogP contribution in [0.2, 0.25) is 0 Å². The molecule has 2 aliphatic rings. The zero-order valence-corrected chi connectivity index (χ0v) is 13.3. The van der Waals surface area contributed by atoms with Crippen LogP contribution >= 0.6 is 0 Å². The van der Waals surface area contributed by atoms with Gasteiger partial charge in [0, 0.05) is 0 Å². The molecule has 2 aromatic rings. The van der Waals surface area contributed by atoms with Crippen molar-refractivity contribution >= 4 is 0 Å². The molecule has 98 valence electrons. The van der Waals surface area contributed by atoms with Gasteiger partial charge in [0.15, 0.2) is 0 Å². The molecular formula is C20H16Li2. The fraction of sp³-hybridized carbons (Fsp3) is 0.200. The fourth-order valence-electron chi connectivity index (χ4n) is 3.30. The minimum Gasteiger partial charge on any atom is -0.189 e. The number of hydrogen-bond donors (Lipinski definition) is 0. The van der Waals surface area contributed by atoms with Gasteiger partial charge in [0.25, 0.3) is 0 Å². The first-order chi connectivity index (χ1) is 9.92. The van der Waals surface area contributed by atoms with Crippen molar-refractivity contribution < 1.29 is 37.7 Å². The molecule has 22 heavy (non-hydrogen) atoms. The molecule has 2 aromatic carbocycles. The Kier molecular flexibility index (Phi) is 6.03. The molecule has 2 unspecified atom stereocenters. The minimum absolute atomic E-state index is 0. The third kappa shape index (κ3) is 3.22. The largest absolute Gasteiger partial charge is 1.00 e. The van der Waals surface area contributed by atoms with Crippen LogP contribution < -0.4 is 37.7 Å². The maximum absolute atomic E-state index is 3.39. The van der Waals surface area contributed by atoms with E-state index in [1.54, 1.807) is 0 Å². The van der Waals surface area contributed by atoms with E-state index >= 15 is 0 Å². The van der Waals surface area contributed by atoms with Crippen molar-refractivity contribution in [2.75, 3.05) is 0 Å². The Morgan fingerprint density at radius 2 is 1.05 bits per heavy atom. The van der Waals surface area contributed by atoms with E-state index in [-0.39, 0.29) is 37.7 Å². The van der Waals surface area contributed by atoms with Gasteiger partial charge in [0.1, 0.15) is 0 Å². The maximum Gasteiger partial charge on any atom is 1.00 e. The Labute approximate surface area is 157 Å². The van der Waals surface area contributed by atoms with Gasteiger partial charge in [-0.05, 0) is 0 Å². The molecule has 0 saturated carbocycles. The minimum atomic E-state index is 0. The number of allylic oxidation sites excluding steroid dienone is 2. The first kappa shape index (κ1) is 17.5. The van der Waals surface area contributed by atoms with Crippen LogP contribution in [0.3, 0.4) is 0 Å². The van der Waals surface area contributed by atoms with Gasteiger partial charge >= 0.3 is 37.7 Å². The van der Waals surface area contributed by atoms with Crippen LogP contribution in [0.15, 0.2) is 60.7 Å². The van der Waals surface area contributed by atoms with E-state index in [1.165, 1.54) is 35.1 Å². The summed E-state index contributed by atoms with van der Waals surface area (Å²) in [5.41, 5.74) is 5.41. The molecule has 0 nitrogen and oxygen atoms in total. The standard InChI is InChI=1S/C20H16.2Li/c1-3-7-19-15(5-1)9-11-17(19)13-14-18-12-10-16-6-2-4-8-20(16)18;;/h1-8,11-12,17-18H,13-14H2;;/q-2;2*+1. The van der Waals surface area contributed by atoms with Crippen molar-refractivity contribution in [2.45, 2.75) is 24.7 Å². The zero-order chi connectivity index (χ0) is 13.4. The number of fused-ring (bicyclic) bond motifs is 2. The van der Waals surface area contributed by atoms with E-state index < -0.39 is 0 Å². The van der Waals surface area contributed by atoms with Crippen molar-refractivity contribution in [3.05, 3.63) is 95.1 Å².